The first-order valence-electron chi connectivity index (χ1n) is 12.5. The van der Waals surface area contributed by atoms with Gasteiger partial charge in [-0.05, 0) is 53.0 Å². The quantitative estimate of drug-likeness (QED) is 0.240. The molecule has 0 saturated heterocycles. The molecule has 2 atom stereocenters. The molecule has 3 rings (SSSR count). The first-order chi connectivity index (χ1) is 17.4. The lowest BCUT2D eigenvalue weighted by Gasteiger charge is -2.22. The van der Waals surface area contributed by atoms with Gasteiger partial charge >= 0.3 is 0 Å². The summed E-state index contributed by atoms with van der Waals surface area (Å²) < 4.78 is 44.1. The van der Waals surface area contributed by atoms with Gasteiger partial charge in [0.2, 0.25) is 19.1 Å². The van der Waals surface area contributed by atoms with Crippen LogP contribution in [0.15, 0.2) is 48.8 Å². The molecule has 2 heterocycles. The van der Waals surface area contributed by atoms with Crippen molar-refractivity contribution >= 4 is 7.37 Å². The van der Waals surface area contributed by atoms with Gasteiger partial charge in [0.1, 0.15) is 12.4 Å². The Morgan fingerprint density at radius 1 is 1.05 bits per heavy atom. The van der Waals surface area contributed by atoms with E-state index >= 15 is 0 Å². The van der Waals surface area contributed by atoms with Crippen LogP contribution in [0.4, 0.5) is 4.39 Å². The van der Waals surface area contributed by atoms with Gasteiger partial charge < -0.3 is 14.0 Å². The second-order valence-electron chi connectivity index (χ2n) is 10.7. The summed E-state index contributed by atoms with van der Waals surface area (Å²) in [4.78, 5) is 8.32. The molecule has 0 N–H and O–H groups in total. The zero-order valence-electron chi connectivity index (χ0n) is 22.9. The van der Waals surface area contributed by atoms with Crippen LogP contribution in [-0.4, -0.2) is 36.5 Å². The lowest BCUT2D eigenvalue weighted by atomic mass is 9.84. The molecule has 2 aromatic heterocycles. The average molecular weight is 529 g/mol. The van der Waals surface area contributed by atoms with Crippen molar-refractivity contribution in [3.63, 3.8) is 0 Å². The Kier molecular flexibility index (Phi) is 9.49. The maximum Gasteiger partial charge on any atom is 0.213 e. The third-order valence-electron chi connectivity index (χ3n) is 5.94. The zero-order chi connectivity index (χ0) is 27.2. The van der Waals surface area contributed by atoms with E-state index in [1.807, 2.05) is 38.1 Å². The highest BCUT2D eigenvalue weighted by atomic mass is 31.2. The van der Waals surface area contributed by atoms with Crippen molar-refractivity contribution in [2.45, 2.75) is 53.6 Å². The summed E-state index contributed by atoms with van der Waals surface area (Å²) in [6.45, 7) is 12.8. The Balaban J connectivity index is 1.83. The van der Waals surface area contributed by atoms with E-state index in [0.29, 0.717) is 36.7 Å². The summed E-state index contributed by atoms with van der Waals surface area (Å²) in [6, 6.07) is 11.4. The standard InChI is InChI=1S/C29H38FN2O4P/c1-8-36-37(7,33)19-20(2)22-11-12-31-28(14-22)35-18-21-9-10-24(23(13-21)16-29(3,4)5)25-15-27(34-6)32-17-26(25)30/h9-15,17,20H,8,16,18-19H2,1-7H3. The maximum atomic E-state index is 14.7. The van der Waals surface area contributed by atoms with Gasteiger partial charge in [0.15, 0.2) is 0 Å². The number of methoxy groups -OCH3 is 1. The van der Waals surface area contributed by atoms with E-state index < -0.39 is 13.2 Å². The van der Waals surface area contributed by atoms with E-state index in [9.17, 15) is 8.96 Å². The number of hydrogen-bond donors (Lipinski definition) is 0. The van der Waals surface area contributed by atoms with Crippen LogP contribution >= 0.6 is 7.37 Å². The number of pyridine rings is 2. The summed E-state index contributed by atoms with van der Waals surface area (Å²) in [7, 11) is -1.14. The monoisotopic (exact) mass is 528 g/mol. The SMILES string of the molecule is CCOP(C)(=O)CC(C)c1ccnc(OCc2ccc(-c3cc(OC)ncc3F)c(CC(C)(C)C)c2)c1. The van der Waals surface area contributed by atoms with E-state index in [1.165, 1.54) is 13.3 Å². The Morgan fingerprint density at radius 3 is 2.49 bits per heavy atom. The summed E-state index contributed by atoms with van der Waals surface area (Å²) in [5.74, 6) is 0.512. The van der Waals surface area contributed by atoms with Crippen LogP contribution in [0.5, 0.6) is 11.8 Å². The fourth-order valence-corrected chi connectivity index (χ4v) is 6.21. The highest BCUT2D eigenvalue weighted by molar-refractivity contribution is 7.58. The Labute approximate surface area is 220 Å². The smallest absolute Gasteiger partial charge is 0.213 e. The molecule has 0 bridgehead atoms. The van der Waals surface area contributed by atoms with Crippen molar-refractivity contribution in [3.05, 3.63) is 71.3 Å². The Bertz CT molecular complexity index is 1260. The van der Waals surface area contributed by atoms with Crippen molar-refractivity contribution in [2.75, 3.05) is 26.5 Å². The number of aromatic nitrogens is 2. The second kappa shape index (κ2) is 12.2. The van der Waals surface area contributed by atoms with Crippen LogP contribution in [0.1, 0.15) is 57.2 Å². The van der Waals surface area contributed by atoms with Crippen molar-refractivity contribution < 1.29 is 23.0 Å². The minimum atomic E-state index is -2.65. The van der Waals surface area contributed by atoms with Crippen molar-refractivity contribution in [2.24, 2.45) is 5.41 Å². The molecule has 0 aliphatic carbocycles. The van der Waals surface area contributed by atoms with Gasteiger partial charge in [-0.15, -0.1) is 0 Å². The van der Waals surface area contributed by atoms with E-state index in [0.717, 1.165) is 28.7 Å². The van der Waals surface area contributed by atoms with Crippen LogP contribution < -0.4 is 9.47 Å². The van der Waals surface area contributed by atoms with Crippen LogP contribution in [-0.2, 0) is 22.1 Å². The average Bonchev–Trinajstić information content (AvgIpc) is 2.82. The molecule has 8 heteroatoms. The number of hydrogen-bond acceptors (Lipinski definition) is 6. The molecule has 200 valence electrons. The van der Waals surface area contributed by atoms with E-state index in [1.54, 1.807) is 18.9 Å². The molecule has 0 saturated carbocycles. The van der Waals surface area contributed by atoms with Gasteiger partial charge in [0.25, 0.3) is 0 Å². The number of halogens is 1. The van der Waals surface area contributed by atoms with Gasteiger partial charge in [-0.1, -0.05) is 45.9 Å². The number of nitrogens with zero attached hydrogens (tertiary/aromatic N) is 2. The van der Waals surface area contributed by atoms with Crippen molar-refractivity contribution in [3.8, 4) is 22.9 Å². The van der Waals surface area contributed by atoms with Gasteiger partial charge in [0.05, 0.1) is 19.9 Å². The largest absolute Gasteiger partial charge is 0.481 e. The minimum Gasteiger partial charge on any atom is -0.481 e. The fourth-order valence-electron chi connectivity index (χ4n) is 4.35. The van der Waals surface area contributed by atoms with Crippen LogP contribution in [0, 0.1) is 11.2 Å². The van der Waals surface area contributed by atoms with Crippen LogP contribution in [0.2, 0.25) is 0 Å². The third-order valence-corrected chi connectivity index (χ3v) is 7.96. The molecule has 0 aliphatic heterocycles. The molecular weight excluding hydrogens is 490 g/mol. The number of ether oxygens (including phenoxy) is 2. The van der Waals surface area contributed by atoms with Gasteiger partial charge in [-0.3, -0.25) is 4.57 Å². The van der Waals surface area contributed by atoms with Gasteiger partial charge in [-0.2, -0.15) is 0 Å². The zero-order valence-corrected chi connectivity index (χ0v) is 23.8. The molecule has 0 radical (unpaired) electrons. The lowest BCUT2D eigenvalue weighted by molar-refractivity contribution is 0.293. The molecule has 1 aromatic carbocycles. The number of benzene rings is 1. The first-order valence-corrected chi connectivity index (χ1v) is 14.8. The predicted molar refractivity (Wildman–Crippen MR) is 146 cm³/mol. The Hall–Kier alpha value is -2.76. The van der Waals surface area contributed by atoms with E-state index in [2.05, 4.69) is 36.8 Å². The van der Waals surface area contributed by atoms with E-state index in [-0.39, 0.29) is 11.3 Å². The molecule has 37 heavy (non-hydrogen) atoms. The highest BCUT2D eigenvalue weighted by Crippen LogP contribution is 2.46. The van der Waals surface area contributed by atoms with Crippen molar-refractivity contribution in [1.82, 2.24) is 9.97 Å². The molecule has 0 spiro atoms. The molecule has 0 amide bonds. The maximum absolute atomic E-state index is 14.7. The molecular formula is C29H38FN2O4P. The first kappa shape index (κ1) is 28.8. The summed E-state index contributed by atoms with van der Waals surface area (Å²) in [5, 5.41) is 0. The van der Waals surface area contributed by atoms with Crippen LogP contribution in [0.3, 0.4) is 0 Å². The summed E-state index contributed by atoms with van der Waals surface area (Å²) in [5.41, 5.74) is 4.24. The molecule has 6 nitrogen and oxygen atoms in total. The molecule has 2 unspecified atom stereocenters. The van der Waals surface area contributed by atoms with Crippen LogP contribution in [0.25, 0.3) is 11.1 Å². The molecule has 0 fully saturated rings. The fraction of sp³-hybridized carbons (Fsp3) is 0.448. The van der Waals surface area contributed by atoms with Gasteiger partial charge in [0, 0.05) is 36.7 Å². The van der Waals surface area contributed by atoms with E-state index in [4.69, 9.17) is 14.0 Å². The predicted octanol–water partition coefficient (Wildman–Crippen LogP) is 7.51. The number of rotatable bonds is 11. The lowest BCUT2D eigenvalue weighted by Crippen LogP contribution is -2.11. The van der Waals surface area contributed by atoms with Crippen molar-refractivity contribution in [1.29, 1.82) is 0 Å². The second-order valence-corrected chi connectivity index (χ2v) is 13.3. The highest BCUT2D eigenvalue weighted by Gasteiger charge is 2.21. The molecule has 3 aromatic rings. The Morgan fingerprint density at radius 2 is 1.81 bits per heavy atom. The van der Waals surface area contributed by atoms with Gasteiger partial charge in [-0.25, -0.2) is 14.4 Å². The third kappa shape index (κ3) is 8.37. The topological polar surface area (TPSA) is 70.5 Å². The normalized spacial score (nSPS) is 14.2. The molecule has 0 aliphatic rings. The summed E-state index contributed by atoms with van der Waals surface area (Å²) >= 11 is 0. The minimum absolute atomic E-state index is 0.00590. The summed E-state index contributed by atoms with van der Waals surface area (Å²) in [6.07, 6.45) is 4.11.